The van der Waals surface area contributed by atoms with Crippen molar-refractivity contribution < 1.29 is 14.7 Å². The normalized spacial score (nSPS) is 31.3. The number of rotatable bonds is 2. The average Bonchev–Trinajstić information content (AvgIpc) is 2.05. The number of aldehydes is 1. The Labute approximate surface area is 65.4 Å². The lowest BCUT2D eigenvalue weighted by molar-refractivity contribution is -0.143. The van der Waals surface area contributed by atoms with Crippen LogP contribution in [0.4, 0.5) is 0 Å². The van der Waals surface area contributed by atoms with Gasteiger partial charge < -0.3 is 9.90 Å². The number of carboxylic acids is 1. The van der Waals surface area contributed by atoms with Crippen LogP contribution < -0.4 is 0 Å². The second-order valence-electron chi connectivity index (χ2n) is 3.10. The zero-order valence-corrected chi connectivity index (χ0v) is 6.32. The van der Waals surface area contributed by atoms with Crippen molar-refractivity contribution in [1.82, 2.24) is 0 Å². The molecule has 1 rings (SSSR count). The second-order valence-corrected chi connectivity index (χ2v) is 3.10. The van der Waals surface area contributed by atoms with Gasteiger partial charge in [0.15, 0.2) is 0 Å². The third kappa shape index (κ3) is 2.03. The Hall–Kier alpha value is -0.860. The minimum Gasteiger partial charge on any atom is -0.481 e. The molecule has 0 aliphatic heterocycles. The van der Waals surface area contributed by atoms with Crippen LogP contribution in [0.15, 0.2) is 0 Å². The van der Waals surface area contributed by atoms with Gasteiger partial charge >= 0.3 is 5.97 Å². The van der Waals surface area contributed by atoms with Gasteiger partial charge in [-0.25, -0.2) is 0 Å². The van der Waals surface area contributed by atoms with Crippen LogP contribution in [-0.2, 0) is 9.59 Å². The van der Waals surface area contributed by atoms with Crippen LogP contribution in [-0.4, -0.2) is 17.4 Å². The molecule has 0 aromatic rings. The maximum Gasteiger partial charge on any atom is 0.306 e. The van der Waals surface area contributed by atoms with E-state index >= 15 is 0 Å². The van der Waals surface area contributed by atoms with Crippen molar-refractivity contribution in [3.05, 3.63) is 0 Å². The third-order valence-electron chi connectivity index (χ3n) is 2.26. The van der Waals surface area contributed by atoms with E-state index in [0.29, 0.717) is 6.42 Å². The Bertz CT molecular complexity index is 165. The molecule has 0 radical (unpaired) electrons. The predicted molar refractivity (Wildman–Crippen MR) is 39.1 cm³/mol. The van der Waals surface area contributed by atoms with Crippen molar-refractivity contribution in [2.75, 3.05) is 0 Å². The standard InChI is InChI=1S/C8H12O3/c9-5-6-2-1-3-7(4-6)8(10)11/h5-7H,1-4H2,(H,10,11). The first-order valence-electron chi connectivity index (χ1n) is 3.92. The molecule has 0 amide bonds. The highest BCUT2D eigenvalue weighted by molar-refractivity contribution is 5.71. The Morgan fingerprint density at radius 3 is 2.73 bits per heavy atom. The van der Waals surface area contributed by atoms with E-state index in [1.807, 2.05) is 0 Å². The van der Waals surface area contributed by atoms with Crippen LogP contribution in [0.3, 0.4) is 0 Å². The van der Waals surface area contributed by atoms with Gasteiger partial charge in [-0.3, -0.25) is 4.79 Å². The van der Waals surface area contributed by atoms with Gasteiger partial charge in [0.05, 0.1) is 5.92 Å². The summed E-state index contributed by atoms with van der Waals surface area (Å²) in [4.78, 5) is 20.8. The Balaban J connectivity index is 2.45. The van der Waals surface area contributed by atoms with E-state index in [2.05, 4.69) is 0 Å². The number of hydrogen-bond acceptors (Lipinski definition) is 2. The molecular weight excluding hydrogens is 144 g/mol. The maximum atomic E-state index is 10.5. The SMILES string of the molecule is O=CC1CCCC(C(=O)O)C1. The Morgan fingerprint density at radius 1 is 1.45 bits per heavy atom. The van der Waals surface area contributed by atoms with Gasteiger partial charge in [0.2, 0.25) is 0 Å². The summed E-state index contributed by atoms with van der Waals surface area (Å²) in [5, 5.41) is 8.64. The van der Waals surface area contributed by atoms with Gasteiger partial charge in [0, 0.05) is 5.92 Å². The van der Waals surface area contributed by atoms with Crippen molar-refractivity contribution >= 4 is 12.3 Å². The van der Waals surface area contributed by atoms with Gasteiger partial charge in [-0.05, 0) is 19.3 Å². The molecule has 0 aromatic heterocycles. The Kier molecular flexibility index (Phi) is 2.63. The molecule has 11 heavy (non-hydrogen) atoms. The van der Waals surface area contributed by atoms with Gasteiger partial charge in [0.25, 0.3) is 0 Å². The van der Waals surface area contributed by atoms with Crippen LogP contribution in [0.1, 0.15) is 25.7 Å². The summed E-state index contributed by atoms with van der Waals surface area (Å²) in [6, 6.07) is 0. The smallest absolute Gasteiger partial charge is 0.306 e. The van der Waals surface area contributed by atoms with Crippen LogP contribution in [0.25, 0.3) is 0 Å². The molecule has 62 valence electrons. The zero-order chi connectivity index (χ0) is 8.27. The molecule has 1 fully saturated rings. The Morgan fingerprint density at radius 2 is 2.18 bits per heavy atom. The van der Waals surface area contributed by atoms with Crippen LogP contribution in [0.5, 0.6) is 0 Å². The molecule has 0 heterocycles. The first-order chi connectivity index (χ1) is 5.24. The molecule has 1 aliphatic rings. The quantitative estimate of drug-likeness (QED) is 0.608. The van der Waals surface area contributed by atoms with E-state index in [0.717, 1.165) is 25.5 Å². The van der Waals surface area contributed by atoms with E-state index in [1.54, 1.807) is 0 Å². The molecule has 0 spiro atoms. The van der Waals surface area contributed by atoms with Gasteiger partial charge in [-0.15, -0.1) is 0 Å². The molecule has 3 heteroatoms. The molecular formula is C8H12O3. The predicted octanol–water partition coefficient (Wildman–Crippen LogP) is 1.08. The molecule has 0 aromatic carbocycles. The fourth-order valence-electron chi connectivity index (χ4n) is 1.58. The van der Waals surface area contributed by atoms with Crippen molar-refractivity contribution in [2.24, 2.45) is 11.8 Å². The fourth-order valence-corrected chi connectivity index (χ4v) is 1.58. The summed E-state index contributed by atoms with van der Waals surface area (Å²) in [5.74, 6) is -1.04. The molecule has 2 unspecified atom stereocenters. The summed E-state index contributed by atoms with van der Waals surface area (Å²) >= 11 is 0. The number of hydrogen-bond donors (Lipinski definition) is 1. The number of carboxylic acid groups (broad SMARTS) is 1. The summed E-state index contributed by atoms with van der Waals surface area (Å²) in [6.07, 6.45) is 3.90. The summed E-state index contributed by atoms with van der Waals surface area (Å²) < 4.78 is 0. The van der Waals surface area contributed by atoms with E-state index in [-0.39, 0.29) is 11.8 Å². The molecule has 2 atom stereocenters. The van der Waals surface area contributed by atoms with Gasteiger partial charge in [-0.1, -0.05) is 6.42 Å². The molecule has 1 aliphatic carbocycles. The van der Waals surface area contributed by atoms with Crippen molar-refractivity contribution in [3.8, 4) is 0 Å². The van der Waals surface area contributed by atoms with E-state index in [4.69, 9.17) is 5.11 Å². The van der Waals surface area contributed by atoms with Crippen molar-refractivity contribution in [2.45, 2.75) is 25.7 Å². The highest BCUT2D eigenvalue weighted by Gasteiger charge is 2.26. The minimum atomic E-state index is -0.753. The highest BCUT2D eigenvalue weighted by Crippen LogP contribution is 2.27. The largest absolute Gasteiger partial charge is 0.481 e. The van der Waals surface area contributed by atoms with Crippen LogP contribution in [0.2, 0.25) is 0 Å². The first-order valence-corrected chi connectivity index (χ1v) is 3.92. The average molecular weight is 156 g/mol. The van der Waals surface area contributed by atoms with E-state index < -0.39 is 5.97 Å². The number of carbonyl (C=O) groups is 2. The molecule has 1 saturated carbocycles. The van der Waals surface area contributed by atoms with E-state index in [1.165, 1.54) is 0 Å². The maximum absolute atomic E-state index is 10.5. The van der Waals surface area contributed by atoms with Crippen LogP contribution in [0, 0.1) is 11.8 Å². The third-order valence-corrected chi connectivity index (χ3v) is 2.26. The molecule has 0 saturated heterocycles. The van der Waals surface area contributed by atoms with Gasteiger partial charge in [0.1, 0.15) is 6.29 Å². The van der Waals surface area contributed by atoms with Crippen molar-refractivity contribution in [3.63, 3.8) is 0 Å². The molecule has 1 N–H and O–H groups in total. The topological polar surface area (TPSA) is 54.4 Å². The lowest BCUT2D eigenvalue weighted by atomic mass is 9.82. The van der Waals surface area contributed by atoms with Crippen molar-refractivity contribution in [1.29, 1.82) is 0 Å². The lowest BCUT2D eigenvalue weighted by Crippen LogP contribution is -2.23. The minimum absolute atomic E-state index is 0.00940. The zero-order valence-electron chi connectivity index (χ0n) is 6.32. The first kappa shape index (κ1) is 8.24. The van der Waals surface area contributed by atoms with Crippen LogP contribution >= 0.6 is 0 Å². The molecule has 0 bridgehead atoms. The molecule has 3 nitrogen and oxygen atoms in total. The summed E-state index contributed by atoms with van der Waals surface area (Å²) in [6.45, 7) is 0. The fraction of sp³-hybridized carbons (Fsp3) is 0.750. The summed E-state index contributed by atoms with van der Waals surface area (Å²) in [7, 11) is 0. The van der Waals surface area contributed by atoms with E-state index in [9.17, 15) is 9.59 Å². The summed E-state index contributed by atoms with van der Waals surface area (Å²) in [5.41, 5.74) is 0. The van der Waals surface area contributed by atoms with Gasteiger partial charge in [-0.2, -0.15) is 0 Å². The number of aliphatic carboxylic acids is 1. The highest BCUT2D eigenvalue weighted by atomic mass is 16.4. The monoisotopic (exact) mass is 156 g/mol. The second kappa shape index (κ2) is 3.51. The lowest BCUT2D eigenvalue weighted by Gasteiger charge is -2.21. The number of carbonyl (C=O) groups excluding carboxylic acids is 1.